The van der Waals surface area contributed by atoms with Crippen LogP contribution in [0.4, 0.5) is 0 Å². The van der Waals surface area contributed by atoms with Crippen LogP contribution in [-0.4, -0.2) is 86.6 Å². The smallest absolute Gasteiger partial charge is 0.152 e. The molecule has 2 unspecified atom stereocenters. The number of ketones is 2. The van der Waals surface area contributed by atoms with E-state index >= 15 is 0 Å². The van der Waals surface area contributed by atoms with E-state index in [9.17, 15) is 14.7 Å². The number of hydrogen-bond acceptors (Lipinski definition) is 3. The molecule has 0 fully saturated rings. The summed E-state index contributed by atoms with van der Waals surface area (Å²) in [5, 5.41) is 10.3. The monoisotopic (exact) mass is 358 g/mol. The van der Waals surface area contributed by atoms with Crippen LogP contribution in [0.5, 0.6) is 0 Å². The number of hydrogen-bond donors (Lipinski definition) is 1. The van der Waals surface area contributed by atoms with Crippen LogP contribution in [0.25, 0.3) is 0 Å². The van der Waals surface area contributed by atoms with Gasteiger partial charge in [-0.25, -0.2) is 0 Å². The second kappa shape index (κ2) is 9.24. The van der Waals surface area contributed by atoms with Crippen molar-refractivity contribution >= 4 is 11.6 Å². The van der Waals surface area contributed by atoms with Gasteiger partial charge in [-0.2, -0.15) is 0 Å². The zero-order valence-electron chi connectivity index (χ0n) is 18.1. The fraction of sp³-hybridized carbons (Fsp3) is 0.900. The van der Waals surface area contributed by atoms with Crippen LogP contribution in [0, 0.1) is 11.3 Å². The summed E-state index contributed by atoms with van der Waals surface area (Å²) in [7, 11) is 10.3. The van der Waals surface area contributed by atoms with Crippen LogP contribution in [-0.2, 0) is 9.59 Å². The van der Waals surface area contributed by atoms with Crippen molar-refractivity contribution < 1.29 is 23.7 Å². The zero-order chi connectivity index (χ0) is 20.1. The van der Waals surface area contributed by atoms with Crippen LogP contribution < -0.4 is 0 Å². The standard InChI is InChI=1S/C20H42N2O3/c1-10-17(16(2)23)13-20(3,4)19(25)11-12-22(8,9)15-18(24)14-21(5,6)7/h17-18,24H,10-15H2,1-9H3/q+2. The van der Waals surface area contributed by atoms with E-state index in [0.29, 0.717) is 37.0 Å². The molecule has 2 atom stereocenters. The van der Waals surface area contributed by atoms with Crippen LogP contribution in [0.3, 0.4) is 0 Å². The summed E-state index contributed by atoms with van der Waals surface area (Å²) in [5.41, 5.74) is -0.479. The molecule has 0 aromatic carbocycles. The second-order valence-corrected chi connectivity index (χ2v) is 9.95. The molecule has 0 aromatic rings. The highest BCUT2D eigenvalue weighted by Crippen LogP contribution is 2.30. The Morgan fingerprint density at radius 1 is 1.04 bits per heavy atom. The zero-order valence-corrected chi connectivity index (χ0v) is 18.1. The molecule has 0 amide bonds. The maximum atomic E-state index is 12.7. The summed E-state index contributed by atoms with van der Waals surface area (Å²) in [5.74, 6) is 0.343. The normalized spacial score (nSPS) is 15.8. The van der Waals surface area contributed by atoms with Crippen molar-refractivity contribution in [3.8, 4) is 0 Å². The minimum atomic E-state index is -0.479. The van der Waals surface area contributed by atoms with Gasteiger partial charge in [0.2, 0.25) is 0 Å². The number of nitrogens with zero attached hydrogens (tertiary/aromatic N) is 2. The minimum Gasteiger partial charge on any atom is -0.382 e. The van der Waals surface area contributed by atoms with Crippen LogP contribution in [0.1, 0.15) is 47.0 Å². The summed E-state index contributed by atoms with van der Waals surface area (Å²) < 4.78 is 1.34. The van der Waals surface area contributed by atoms with E-state index in [1.807, 2.05) is 20.8 Å². The lowest BCUT2D eigenvalue weighted by Crippen LogP contribution is -2.52. The Bertz CT molecular complexity index is 450. The highest BCUT2D eigenvalue weighted by Gasteiger charge is 2.33. The number of carbonyl (C=O) groups excluding carboxylic acids is 2. The average Bonchev–Trinajstić information content (AvgIpc) is 2.38. The number of quaternary nitrogens is 2. The van der Waals surface area contributed by atoms with Gasteiger partial charge in [0, 0.05) is 11.3 Å². The Morgan fingerprint density at radius 3 is 1.96 bits per heavy atom. The number of aliphatic hydroxyl groups is 1. The van der Waals surface area contributed by atoms with Crippen molar-refractivity contribution in [1.82, 2.24) is 0 Å². The molecule has 5 heteroatoms. The van der Waals surface area contributed by atoms with E-state index in [4.69, 9.17) is 0 Å². The molecule has 0 bridgehead atoms. The summed E-state index contributed by atoms with van der Waals surface area (Å²) in [4.78, 5) is 24.4. The number of Topliss-reactive ketones (excluding diaryl/α,β-unsaturated/α-hetero) is 2. The SMILES string of the molecule is CCC(CC(C)(C)C(=O)CC[N+](C)(C)CC(O)C[N+](C)(C)C)C(C)=O. The van der Waals surface area contributed by atoms with Gasteiger partial charge in [0.25, 0.3) is 0 Å². The summed E-state index contributed by atoms with van der Waals surface area (Å²) in [6.07, 6.45) is 1.49. The van der Waals surface area contributed by atoms with Gasteiger partial charge in [-0.05, 0) is 19.8 Å². The molecule has 0 aromatic heterocycles. The Morgan fingerprint density at radius 2 is 1.56 bits per heavy atom. The van der Waals surface area contributed by atoms with Gasteiger partial charge in [-0.3, -0.25) is 9.59 Å². The van der Waals surface area contributed by atoms with Gasteiger partial charge in [0.1, 0.15) is 24.7 Å². The van der Waals surface area contributed by atoms with Crippen LogP contribution >= 0.6 is 0 Å². The molecule has 0 saturated carbocycles. The molecule has 5 nitrogen and oxygen atoms in total. The number of aliphatic hydroxyl groups excluding tert-OH is 1. The largest absolute Gasteiger partial charge is 0.382 e. The molecule has 0 spiro atoms. The Kier molecular flexibility index (Phi) is 8.95. The number of likely N-dealkylation sites (N-methyl/N-ethyl adjacent to an activating group) is 2. The van der Waals surface area contributed by atoms with E-state index < -0.39 is 5.41 Å². The molecular weight excluding hydrogens is 316 g/mol. The van der Waals surface area contributed by atoms with Crippen LogP contribution in [0.15, 0.2) is 0 Å². The third-order valence-corrected chi connectivity index (χ3v) is 4.99. The van der Waals surface area contributed by atoms with Crippen molar-refractivity contribution in [3.05, 3.63) is 0 Å². The van der Waals surface area contributed by atoms with Gasteiger partial charge < -0.3 is 14.1 Å². The first-order valence-corrected chi connectivity index (χ1v) is 9.44. The lowest BCUT2D eigenvalue weighted by atomic mass is 9.76. The minimum absolute atomic E-state index is 0.0344. The fourth-order valence-corrected chi connectivity index (χ4v) is 3.40. The summed E-state index contributed by atoms with van der Waals surface area (Å²) >= 11 is 0. The van der Waals surface area contributed by atoms with Crippen molar-refractivity contribution in [2.45, 2.75) is 53.1 Å². The molecule has 0 aliphatic carbocycles. The first-order valence-electron chi connectivity index (χ1n) is 9.44. The maximum Gasteiger partial charge on any atom is 0.152 e. The summed E-state index contributed by atoms with van der Waals surface area (Å²) in [6, 6.07) is 0. The van der Waals surface area contributed by atoms with Gasteiger partial charge in [0.15, 0.2) is 6.10 Å². The molecule has 1 N–H and O–H groups in total. The van der Waals surface area contributed by atoms with Gasteiger partial charge in [-0.1, -0.05) is 20.8 Å². The van der Waals surface area contributed by atoms with Gasteiger partial charge >= 0.3 is 0 Å². The van der Waals surface area contributed by atoms with E-state index in [2.05, 4.69) is 35.2 Å². The van der Waals surface area contributed by atoms with Crippen molar-refractivity contribution in [3.63, 3.8) is 0 Å². The molecule has 0 radical (unpaired) electrons. The molecule has 0 aliphatic heterocycles. The van der Waals surface area contributed by atoms with E-state index in [-0.39, 0.29) is 23.6 Å². The maximum absolute atomic E-state index is 12.7. The Hall–Kier alpha value is -0.780. The lowest BCUT2D eigenvalue weighted by molar-refractivity contribution is -0.906. The Labute approximate surface area is 155 Å². The molecule has 0 saturated heterocycles. The molecular formula is C20H42N2O3+2. The average molecular weight is 359 g/mol. The first-order chi connectivity index (χ1) is 11.1. The van der Waals surface area contributed by atoms with E-state index in [1.54, 1.807) is 6.92 Å². The van der Waals surface area contributed by atoms with E-state index in [1.165, 1.54) is 0 Å². The predicted molar refractivity (Wildman–Crippen MR) is 103 cm³/mol. The van der Waals surface area contributed by atoms with Gasteiger partial charge in [0.05, 0.1) is 48.2 Å². The van der Waals surface area contributed by atoms with Crippen LogP contribution in [0.2, 0.25) is 0 Å². The molecule has 25 heavy (non-hydrogen) atoms. The van der Waals surface area contributed by atoms with Crippen molar-refractivity contribution in [1.29, 1.82) is 0 Å². The molecule has 0 rings (SSSR count). The number of rotatable bonds is 12. The van der Waals surface area contributed by atoms with Crippen molar-refractivity contribution in [2.75, 3.05) is 54.9 Å². The van der Waals surface area contributed by atoms with Gasteiger partial charge in [-0.15, -0.1) is 0 Å². The molecule has 0 heterocycles. The van der Waals surface area contributed by atoms with E-state index in [0.717, 1.165) is 10.9 Å². The molecule has 148 valence electrons. The third-order valence-electron chi connectivity index (χ3n) is 4.99. The lowest BCUT2D eigenvalue weighted by Gasteiger charge is -2.35. The first kappa shape index (κ1) is 24.2. The highest BCUT2D eigenvalue weighted by atomic mass is 16.3. The third kappa shape index (κ3) is 10.1. The predicted octanol–water partition coefficient (Wildman–Crippen LogP) is 2.12. The van der Waals surface area contributed by atoms with Crippen molar-refractivity contribution in [2.24, 2.45) is 11.3 Å². The highest BCUT2D eigenvalue weighted by molar-refractivity contribution is 5.85. The number of carbonyl (C=O) groups is 2. The summed E-state index contributed by atoms with van der Waals surface area (Å²) in [6.45, 7) is 9.55. The molecule has 0 aliphatic rings. The fourth-order valence-electron chi connectivity index (χ4n) is 3.40. The quantitative estimate of drug-likeness (QED) is 0.544. The second-order valence-electron chi connectivity index (χ2n) is 9.95. The Balaban J connectivity index is 4.66. The topological polar surface area (TPSA) is 54.4 Å².